The van der Waals surface area contributed by atoms with Gasteiger partial charge >= 0.3 is 0 Å². The molecule has 5 heteroatoms. The second kappa shape index (κ2) is 4.11. The number of amides is 1. The first-order valence-electron chi connectivity index (χ1n) is 3.82. The molecule has 0 radical (unpaired) electrons. The zero-order valence-electron chi connectivity index (χ0n) is 7.42. The lowest BCUT2D eigenvalue weighted by atomic mass is 10.0. The van der Waals surface area contributed by atoms with Crippen molar-refractivity contribution in [3.05, 3.63) is 11.2 Å². The lowest BCUT2D eigenvalue weighted by Crippen LogP contribution is -2.30. The number of hydrogen-bond acceptors (Lipinski definition) is 2. The minimum absolute atomic E-state index is 0.00815. The fourth-order valence-electron chi connectivity index (χ4n) is 1.10. The van der Waals surface area contributed by atoms with Gasteiger partial charge in [-0.15, -0.1) is 0 Å². The van der Waals surface area contributed by atoms with Crippen molar-refractivity contribution in [3.63, 3.8) is 0 Å². The molecule has 0 aromatic rings. The Balaban J connectivity index is 2.76. The van der Waals surface area contributed by atoms with Gasteiger partial charge in [0.1, 0.15) is 10.3 Å². The molecule has 1 amide bonds. The van der Waals surface area contributed by atoms with Crippen molar-refractivity contribution >= 4 is 34.3 Å². The molecular weight excluding hydrogens is 211 g/mol. The van der Waals surface area contributed by atoms with E-state index in [1.807, 2.05) is 0 Å². The summed E-state index contributed by atoms with van der Waals surface area (Å²) in [5.41, 5.74) is 0. The Morgan fingerprint density at radius 3 is 2.69 bits per heavy atom. The second-order valence-corrected chi connectivity index (χ2v) is 3.84. The van der Waals surface area contributed by atoms with E-state index in [0.29, 0.717) is 11.6 Å². The molecule has 1 heterocycles. The SMILES string of the molecule is CN(C)C(=O)C1C=C(Cl)N=C(Cl)C1. The minimum Gasteiger partial charge on any atom is -0.348 e. The molecule has 0 aliphatic carbocycles. The van der Waals surface area contributed by atoms with Gasteiger partial charge in [0, 0.05) is 20.5 Å². The zero-order valence-corrected chi connectivity index (χ0v) is 8.93. The number of carbonyl (C=O) groups excluding carboxylic acids is 1. The van der Waals surface area contributed by atoms with E-state index in [0.717, 1.165) is 0 Å². The second-order valence-electron chi connectivity index (χ2n) is 3.02. The van der Waals surface area contributed by atoms with Gasteiger partial charge in [0.2, 0.25) is 5.91 Å². The summed E-state index contributed by atoms with van der Waals surface area (Å²) < 4.78 is 0. The molecule has 72 valence electrons. The largest absolute Gasteiger partial charge is 0.348 e. The topological polar surface area (TPSA) is 32.7 Å². The fraction of sp³-hybridized carbons (Fsp3) is 0.500. The van der Waals surface area contributed by atoms with Crippen molar-refractivity contribution in [2.24, 2.45) is 10.9 Å². The van der Waals surface area contributed by atoms with Crippen LogP contribution >= 0.6 is 23.2 Å². The van der Waals surface area contributed by atoms with Gasteiger partial charge in [-0.1, -0.05) is 23.2 Å². The number of rotatable bonds is 1. The highest BCUT2D eigenvalue weighted by molar-refractivity contribution is 6.66. The third kappa shape index (κ3) is 2.71. The lowest BCUT2D eigenvalue weighted by Gasteiger charge is -2.19. The first kappa shape index (κ1) is 10.5. The highest BCUT2D eigenvalue weighted by Gasteiger charge is 2.23. The predicted molar refractivity (Wildman–Crippen MR) is 54.0 cm³/mol. The van der Waals surface area contributed by atoms with Gasteiger partial charge in [-0.25, -0.2) is 4.99 Å². The van der Waals surface area contributed by atoms with E-state index in [1.165, 1.54) is 4.90 Å². The molecule has 0 bridgehead atoms. The summed E-state index contributed by atoms with van der Waals surface area (Å²) in [5, 5.41) is 0.671. The van der Waals surface area contributed by atoms with Gasteiger partial charge in [0.05, 0.1) is 5.92 Å². The minimum atomic E-state index is -0.271. The zero-order chi connectivity index (χ0) is 10.0. The Morgan fingerprint density at radius 1 is 1.62 bits per heavy atom. The number of carbonyl (C=O) groups is 1. The van der Waals surface area contributed by atoms with Gasteiger partial charge in [-0.05, 0) is 6.08 Å². The smallest absolute Gasteiger partial charge is 0.229 e. The normalized spacial score (nSPS) is 22.0. The summed E-state index contributed by atoms with van der Waals surface area (Å²) >= 11 is 11.4. The molecular formula is C8H10Cl2N2O. The van der Waals surface area contributed by atoms with E-state index in [1.54, 1.807) is 20.2 Å². The number of hydrogen-bond donors (Lipinski definition) is 0. The Kier molecular flexibility index (Phi) is 3.33. The summed E-state index contributed by atoms with van der Waals surface area (Å²) in [4.78, 5) is 16.8. The van der Waals surface area contributed by atoms with Crippen molar-refractivity contribution in [1.82, 2.24) is 4.90 Å². The molecule has 0 saturated carbocycles. The summed E-state index contributed by atoms with van der Waals surface area (Å²) in [7, 11) is 3.40. The molecule has 1 atom stereocenters. The Hall–Kier alpha value is -0.540. The van der Waals surface area contributed by atoms with Crippen LogP contribution < -0.4 is 0 Å². The Bertz CT molecular complexity index is 284. The summed E-state index contributed by atoms with van der Waals surface area (Å²) in [5.74, 6) is -0.279. The van der Waals surface area contributed by atoms with Crippen LogP contribution in [0.25, 0.3) is 0 Å². The standard InChI is InChI=1S/C8H10Cl2N2O/c1-12(2)8(13)5-3-6(9)11-7(10)4-5/h3,5H,4H2,1-2H3. The highest BCUT2D eigenvalue weighted by Crippen LogP contribution is 2.22. The van der Waals surface area contributed by atoms with Crippen LogP contribution in [0.15, 0.2) is 16.2 Å². The van der Waals surface area contributed by atoms with Crippen molar-refractivity contribution in [2.45, 2.75) is 6.42 Å². The maximum Gasteiger partial charge on any atom is 0.229 e. The van der Waals surface area contributed by atoms with Gasteiger partial charge in [0.15, 0.2) is 0 Å². The van der Waals surface area contributed by atoms with Crippen LogP contribution in [0.3, 0.4) is 0 Å². The van der Waals surface area contributed by atoms with Gasteiger partial charge in [-0.2, -0.15) is 0 Å². The monoisotopic (exact) mass is 220 g/mol. The average Bonchev–Trinajstić information content (AvgIpc) is 2.01. The van der Waals surface area contributed by atoms with E-state index >= 15 is 0 Å². The van der Waals surface area contributed by atoms with E-state index in [9.17, 15) is 4.79 Å². The van der Waals surface area contributed by atoms with Gasteiger partial charge in [0.25, 0.3) is 0 Å². The van der Waals surface area contributed by atoms with Crippen molar-refractivity contribution in [2.75, 3.05) is 14.1 Å². The number of aliphatic imine (C=N–C) groups is 1. The van der Waals surface area contributed by atoms with Gasteiger partial charge in [-0.3, -0.25) is 4.79 Å². The fourth-order valence-corrected chi connectivity index (χ4v) is 1.65. The molecule has 1 rings (SSSR count). The third-order valence-electron chi connectivity index (χ3n) is 1.71. The average molecular weight is 221 g/mol. The summed E-state index contributed by atoms with van der Waals surface area (Å²) in [6, 6.07) is 0. The molecule has 0 saturated heterocycles. The van der Waals surface area contributed by atoms with Crippen LogP contribution in [0.4, 0.5) is 0 Å². The summed E-state index contributed by atoms with van der Waals surface area (Å²) in [6.07, 6.45) is 2.06. The maximum atomic E-state index is 11.5. The number of halogens is 2. The van der Waals surface area contributed by atoms with E-state index in [4.69, 9.17) is 23.2 Å². The van der Waals surface area contributed by atoms with E-state index < -0.39 is 0 Å². The first-order valence-corrected chi connectivity index (χ1v) is 4.58. The first-order chi connectivity index (χ1) is 6.00. The molecule has 0 aromatic carbocycles. The van der Waals surface area contributed by atoms with Crippen LogP contribution in [-0.4, -0.2) is 30.1 Å². The Labute approximate surface area is 87.0 Å². The molecule has 0 spiro atoms. The lowest BCUT2D eigenvalue weighted by molar-refractivity contribution is -0.131. The van der Waals surface area contributed by atoms with Crippen molar-refractivity contribution in [3.8, 4) is 0 Å². The quantitative estimate of drug-likeness (QED) is 0.621. The van der Waals surface area contributed by atoms with Gasteiger partial charge < -0.3 is 4.90 Å². The van der Waals surface area contributed by atoms with Crippen LogP contribution in [0.1, 0.15) is 6.42 Å². The van der Waals surface area contributed by atoms with E-state index in [2.05, 4.69) is 4.99 Å². The molecule has 1 aliphatic rings. The number of nitrogens with zero attached hydrogens (tertiary/aromatic N) is 2. The maximum absolute atomic E-state index is 11.5. The van der Waals surface area contributed by atoms with Crippen LogP contribution in [0.5, 0.6) is 0 Å². The molecule has 1 unspecified atom stereocenters. The molecule has 0 fully saturated rings. The molecule has 0 aromatic heterocycles. The molecule has 0 N–H and O–H groups in total. The van der Waals surface area contributed by atoms with Crippen LogP contribution in [-0.2, 0) is 4.79 Å². The van der Waals surface area contributed by atoms with Crippen LogP contribution in [0.2, 0.25) is 0 Å². The van der Waals surface area contributed by atoms with Crippen molar-refractivity contribution in [1.29, 1.82) is 0 Å². The van der Waals surface area contributed by atoms with Crippen LogP contribution in [0, 0.1) is 5.92 Å². The highest BCUT2D eigenvalue weighted by atomic mass is 35.5. The summed E-state index contributed by atoms with van der Waals surface area (Å²) in [6.45, 7) is 0. The van der Waals surface area contributed by atoms with Crippen molar-refractivity contribution < 1.29 is 4.79 Å². The molecule has 1 aliphatic heterocycles. The third-order valence-corrected chi connectivity index (χ3v) is 2.16. The molecule has 13 heavy (non-hydrogen) atoms. The van der Waals surface area contributed by atoms with E-state index in [-0.39, 0.29) is 17.0 Å². The Morgan fingerprint density at radius 2 is 2.23 bits per heavy atom. The molecule has 3 nitrogen and oxygen atoms in total. The predicted octanol–water partition coefficient (Wildman–Crippen LogP) is 1.81.